The van der Waals surface area contributed by atoms with Gasteiger partial charge in [-0.1, -0.05) is 105 Å². The molecule has 0 atom stereocenters. The molecule has 8 amide bonds. The molecule has 10 aliphatic rings. The quantitative estimate of drug-likeness (QED) is 0.0401. The summed E-state index contributed by atoms with van der Waals surface area (Å²) in [5.41, 5.74) is 13.1. The number of likely N-dealkylation sites (tertiary alicyclic amines) is 3. The van der Waals surface area contributed by atoms with E-state index in [2.05, 4.69) is 21.3 Å². The summed E-state index contributed by atoms with van der Waals surface area (Å²) >= 11 is 0. The number of rotatable bonds is 11. The van der Waals surface area contributed by atoms with E-state index >= 15 is 0 Å². The van der Waals surface area contributed by atoms with Crippen molar-refractivity contribution < 1.29 is 177 Å². The minimum Gasteiger partial charge on any atom is -0.850 e. The molecule has 4 saturated carbocycles. The third-order valence-electron chi connectivity index (χ3n) is 22.1. The summed E-state index contributed by atoms with van der Waals surface area (Å²) in [4.78, 5) is 122. The number of nitrogens with one attached hydrogen (secondary N) is 4. The number of aliphatic imine (C=N–C) groups is 2. The average Bonchev–Trinajstić information content (AvgIpc) is 1.55. The van der Waals surface area contributed by atoms with Gasteiger partial charge in [0, 0.05) is 57.0 Å². The summed E-state index contributed by atoms with van der Waals surface area (Å²) in [6.45, 7) is 29.9. The molecule has 0 aromatic rings. The Kier molecular flexibility index (Phi) is 53.7. The molecular weight excluding hydrogens is 1780 g/mol. The molecule has 4 aliphatic carbocycles. The Morgan fingerprint density at radius 3 is 0.947 bits per heavy atom. The van der Waals surface area contributed by atoms with Gasteiger partial charge in [-0.25, -0.2) is 14.4 Å². The summed E-state index contributed by atoms with van der Waals surface area (Å²) in [7, 11) is 0. The molecular formula is C92H157F12KN12O15. The first-order valence-corrected chi connectivity index (χ1v) is 43.3. The van der Waals surface area contributed by atoms with Gasteiger partial charge in [-0.3, -0.25) is 38.8 Å². The predicted molar refractivity (Wildman–Crippen MR) is 482 cm³/mol. The fourth-order valence-corrected chi connectivity index (χ4v) is 15.1. The molecule has 760 valence electrons. The van der Waals surface area contributed by atoms with E-state index in [1.165, 1.54) is 29.2 Å². The predicted octanol–water partition coefficient (Wildman–Crippen LogP) is 14.9. The van der Waals surface area contributed by atoms with Crippen molar-refractivity contribution in [2.24, 2.45) is 50.9 Å². The second-order valence-corrected chi connectivity index (χ2v) is 39.0. The Morgan fingerprint density at radius 1 is 0.447 bits per heavy atom. The van der Waals surface area contributed by atoms with E-state index in [0.717, 1.165) is 48.5 Å². The van der Waals surface area contributed by atoms with E-state index in [1.807, 2.05) is 41.5 Å². The van der Waals surface area contributed by atoms with Crippen molar-refractivity contribution in [2.45, 2.75) is 396 Å². The second kappa shape index (κ2) is 54.6. The molecule has 0 aromatic heterocycles. The number of amides is 8. The number of aliphatic carboxylic acids is 1. The molecule has 0 bridgehead atoms. The van der Waals surface area contributed by atoms with E-state index in [-0.39, 0.29) is 168 Å². The van der Waals surface area contributed by atoms with Gasteiger partial charge < -0.3 is 82.7 Å². The molecule has 0 unspecified atom stereocenters. The van der Waals surface area contributed by atoms with Crippen molar-refractivity contribution in [2.75, 3.05) is 52.4 Å². The van der Waals surface area contributed by atoms with Crippen LogP contribution in [0.15, 0.2) is 56.6 Å². The maximum absolute atomic E-state index is 12.8. The Labute approximate surface area is 818 Å². The number of nitrogens with two attached hydrogens (primary N) is 3. The van der Waals surface area contributed by atoms with E-state index in [4.69, 9.17) is 51.6 Å². The third kappa shape index (κ3) is 49.5. The van der Waals surface area contributed by atoms with Crippen LogP contribution in [0.25, 0.3) is 0 Å². The van der Waals surface area contributed by atoms with Crippen molar-refractivity contribution in [3.05, 3.63) is 46.6 Å². The molecule has 40 heteroatoms. The summed E-state index contributed by atoms with van der Waals surface area (Å²) in [6, 6.07) is 0. The van der Waals surface area contributed by atoms with Gasteiger partial charge in [0.15, 0.2) is 0 Å². The van der Waals surface area contributed by atoms with E-state index in [1.54, 1.807) is 72.1 Å². The molecule has 6 heterocycles. The zero-order valence-corrected chi connectivity index (χ0v) is 79.9. The summed E-state index contributed by atoms with van der Waals surface area (Å²) < 4.78 is 163. The number of aliphatic hydroxyl groups is 1. The minimum absolute atomic E-state index is 0. The summed E-state index contributed by atoms with van der Waals surface area (Å²) in [6.07, 6.45) is -4.17. The Morgan fingerprint density at radius 2 is 0.697 bits per heavy atom. The fraction of sp³-hybridized carbons (Fsp3) is 0.793. The molecule has 4 saturated heterocycles. The topological polar surface area (TPSA) is 405 Å². The number of amidine groups is 2. The second-order valence-electron chi connectivity index (χ2n) is 39.0. The molecule has 2 spiro atoms. The number of nitrogens with zero attached hydrogens (tertiary/aromatic N) is 5. The van der Waals surface area contributed by atoms with Crippen LogP contribution >= 0.6 is 0 Å². The first-order chi connectivity index (χ1) is 57.5. The number of carboxylic acids is 1. The normalized spacial score (nSPS) is 21.6. The standard InChI is InChI=1S/C21H32F3N3O4.C21H30F3N3O3.C16H22F3N3O.C11H21N3O3.C10H13F3O2.C4H10O.C4H9O.5CH4.K/c1-19(2,3)31-18(30)27-12-10-20(11-13-27,17(25)29)26-16(28)15-6-4-14(5-7-15)8-9-21(22,23)24;1-19(2,3)30-18(29)27-12-10-20(11-13-27)17(28)25-16(26-20)15-6-4-14(5-7-15)8-9-21(22,23)24;17-16(18,19)6-5-11-1-3-12(4-2-11)13-21-14(23)15(22-13)7-9-20-10-8-15;1-10(2,3)17-9(16)14-6-4-11(13,5-7-14)8(12)15;11-10(12,13)6-5-7-1-3-8(4-2-7)9(14)15;2*1-4(2,3)5;;;;;;/h8,15H,4-7,9-13H2,1-3H3,(H2,25,29)(H,26,28);8,15H,4-7,9-13H2,1-3H3,(H,25,26,28);5,12,20H,1-4,6-10H2,(H,21,22,23);4-7,13H2,1-3H3,(H2,12,15);5,8H,1-4,6H2,(H,14,15);5H,1-3H3;1-3H3;5*1H4;/q;;;;;;-1;;;;;;+1. The van der Waals surface area contributed by atoms with Crippen LogP contribution in [0, 0.1) is 23.7 Å². The first kappa shape index (κ1) is 130. The van der Waals surface area contributed by atoms with Crippen LogP contribution < -0.4 is 95.0 Å². The number of carbonyl (C=O) groups excluding carboxylic acids is 8. The van der Waals surface area contributed by atoms with E-state index < -0.39 is 124 Å². The monoisotopic (exact) mass is 1940 g/mol. The number of halogens is 12. The SMILES string of the molecule is C.C.C.C.C.CC(C)(C)O.CC(C)(C)OC(=O)N1CCC(N)(C(N)=O)CC1.CC(C)(C)OC(=O)N1CCC(NC(=O)C2CCC(=CCC(F)(F)F)CC2)(C(N)=O)CC1.CC(C)(C)OC(=O)N1CCC2(CC1)N=C(C1CCC(=CCC(F)(F)F)CC1)NC2=O.CC(C)(C)[O-].O=C(O)C1CCC(=CCC(F)(F)F)CC1.O=C1NC(C2CCC(=CCC(F)(F)F)CC2)=NC12CCNCC2.[K+]. The maximum atomic E-state index is 12.8. The van der Waals surface area contributed by atoms with Gasteiger partial charge in [-0.05, 0) is 250 Å². The van der Waals surface area contributed by atoms with Crippen molar-refractivity contribution >= 4 is 65.5 Å². The molecule has 6 aliphatic heterocycles. The smallest absolute Gasteiger partial charge is 0.850 e. The molecule has 132 heavy (non-hydrogen) atoms. The molecule has 0 radical (unpaired) electrons. The Balaban J connectivity index is -0.00000155. The molecule has 8 fully saturated rings. The van der Waals surface area contributed by atoms with Crippen LogP contribution in [-0.2, 0) is 43.0 Å². The first-order valence-electron chi connectivity index (χ1n) is 43.3. The van der Waals surface area contributed by atoms with Gasteiger partial charge >= 0.3 is 100 Å². The zero-order valence-electron chi connectivity index (χ0n) is 76.8. The number of carbonyl (C=O) groups is 9. The zero-order chi connectivity index (χ0) is 95.8. The molecule has 27 nitrogen and oxygen atoms in total. The van der Waals surface area contributed by atoms with Crippen LogP contribution in [0.4, 0.5) is 67.1 Å². The molecule has 10 rings (SSSR count). The average molecular weight is 1940 g/mol. The number of ether oxygens (including phenoxy) is 3. The van der Waals surface area contributed by atoms with Crippen LogP contribution in [0.3, 0.4) is 0 Å². The number of alkyl halides is 12. The number of piperidine rings is 4. The molecule has 0 aromatic carbocycles. The number of carboxylic acid groups (broad SMARTS) is 1. The van der Waals surface area contributed by atoms with Gasteiger partial charge in [-0.2, -0.15) is 52.7 Å². The van der Waals surface area contributed by atoms with Crippen LogP contribution in [0.1, 0.15) is 321 Å². The van der Waals surface area contributed by atoms with Gasteiger partial charge in [0.2, 0.25) is 17.7 Å². The van der Waals surface area contributed by atoms with E-state index in [9.17, 15) is 101 Å². The summed E-state index contributed by atoms with van der Waals surface area (Å²) in [5.74, 6) is -1.62. The van der Waals surface area contributed by atoms with Gasteiger partial charge in [0.25, 0.3) is 11.8 Å². The Bertz CT molecular complexity index is 3800. The van der Waals surface area contributed by atoms with Crippen molar-refractivity contribution in [3.8, 4) is 0 Å². The van der Waals surface area contributed by atoms with E-state index in [0.29, 0.717) is 166 Å². The molecule has 12 N–H and O–H groups in total. The number of hydrogen-bond acceptors (Lipinski definition) is 18. The van der Waals surface area contributed by atoms with Crippen molar-refractivity contribution in [1.82, 2.24) is 36.0 Å². The maximum Gasteiger partial charge on any atom is 1.00 e. The number of primary amides is 2. The van der Waals surface area contributed by atoms with Crippen molar-refractivity contribution in [3.63, 3.8) is 0 Å². The largest absolute Gasteiger partial charge is 1.00 e. The van der Waals surface area contributed by atoms with Gasteiger partial charge in [-0.15, -0.1) is 5.60 Å². The van der Waals surface area contributed by atoms with Gasteiger partial charge in [0.1, 0.15) is 45.1 Å². The summed E-state index contributed by atoms with van der Waals surface area (Å²) in [5, 5.41) is 39.2. The van der Waals surface area contributed by atoms with Crippen LogP contribution in [0.2, 0.25) is 0 Å². The van der Waals surface area contributed by atoms with Gasteiger partial charge in [0.05, 0.1) is 42.7 Å². The fourth-order valence-electron chi connectivity index (χ4n) is 15.1. The van der Waals surface area contributed by atoms with Crippen LogP contribution in [-0.4, -0.2) is 218 Å². The Hall–Kier alpha value is -6.43. The minimum atomic E-state index is -4.23. The van der Waals surface area contributed by atoms with Crippen molar-refractivity contribution in [1.29, 1.82) is 0 Å². The number of hydrogen-bond donors (Lipinski definition) is 9. The third-order valence-corrected chi connectivity index (χ3v) is 22.1. The number of allylic oxidation sites excluding steroid dienone is 8. The van der Waals surface area contributed by atoms with Crippen LogP contribution in [0.5, 0.6) is 0 Å².